The molecule has 0 spiro atoms. The number of hydrogen-bond acceptors (Lipinski definition) is 2. The summed E-state index contributed by atoms with van der Waals surface area (Å²) in [5.74, 6) is 1.25. The fourth-order valence-corrected chi connectivity index (χ4v) is 3.71. The van der Waals surface area contributed by atoms with Gasteiger partial charge in [0.25, 0.3) is 0 Å². The van der Waals surface area contributed by atoms with Crippen LogP contribution in [0.5, 0.6) is 0 Å². The lowest BCUT2D eigenvalue weighted by molar-refractivity contribution is -0.136. The number of aryl methyl sites for hydroxylation is 1. The molecule has 0 aliphatic carbocycles. The minimum atomic E-state index is -0.730. The predicted molar refractivity (Wildman–Crippen MR) is 78.4 cm³/mol. The van der Waals surface area contributed by atoms with Gasteiger partial charge in [-0.25, -0.2) is 0 Å². The van der Waals surface area contributed by atoms with E-state index in [4.69, 9.17) is 5.11 Å². The largest absolute Gasteiger partial charge is 0.481 e. The van der Waals surface area contributed by atoms with Crippen LogP contribution in [0.1, 0.15) is 36.3 Å². The number of carboxylic acid groups (broad SMARTS) is 1. The first kappa shape index (κ1) is 11.8. The van der Waals surface area contributed by atoms with Gasteiger partial charge < -0.3 is 15.0 Å². The first-order valence-corrected chi connectivity index (χ1v) is 7.33. The van der Waals surface area contributed by atoms with E-state index in [9.17, 15) is 4.79 Å². The van der Waals surface area contributed by atoms with Crippen molar-refractivity contribution in [1.29, 1.82) is 0 Å². The van der Waals surface area contributed by atoms with Gasteiger partial charge in [0, 0.05) is 36.0 Å². The Hall–Kier alpha value is -1.97. The molecule has 2 aromatic rings. The van der Waals surface area contributed by atoms with Crippen LogP contribution in [-0.2, 0) is 11.2 Å². The zero-order valence-corrected chi connectivity index (χ0v) is 11.4. The summed E-state index contributed by atoms with van der Waals surface area (Å²) in [7, 11) is 0. The van der Waals surface area contributed by atoms with Crippen molar-refractivity contribution in [3.8, 4) is 0 Å². The summed E-state index contributed by atoms with van der Waals surface area (Å²) in [6.07, 6.45) is 3.31. The average Bonchev–Trinajstić information content (AvgIpc) is 2.87. The Morgan fingerprint density at radius 3 is 2.90 bits per heavy atom. The van der Waals surface area contributed by atoms with Crippen molar-refractivity contribution in [2.45, 2.75) is 31.6 Å². The van der Waals surface area contributed by atoms with Crippen LogP contribution in [-0.4, -0.2) is 29.1 Å². The summed E-state index contributed by atoms with van der Waals surface area (Å²) in [6.45, 7) is 2.33. The van der Waals surface area contributed by atoms with E-state index >= 15 is 0 Å². The summed E-state index contributed by atoms with van der Waals surface area (Å²) in [4.78, 5) is 16.7. The molecule has 0 unspecified atom stereocenters. The van der Waals surface area contributed by atoms with Crippen molar-refractivity contribution < 1.29 is 9.90 Å². The molecule has 0 saturated carbocycles. The molecule has 1 aromatic heterocycles. The fraction of sp³-hybridized carbons (Fsp3) is 0.438. The molecule has 0 atom stereocenters. The molecule has 1 saturated heterocycles. The standard InChI is InChI=1S/C16H18N2O2/c19-14(20)4-2-10-1-3-13-12(9-10)15-11-5-7-18(8-6-11)16(15)17-13/h1,3,9,11,17H,2,4-8H2,(H,19,20). The highest BCUT2D eigenvalue weighted by molar-refractivity contribution is 5.91. The lowest BCUT2D eigenvalue weighted by atomic mass is 9.84. The number of benzene rings is 1. The second-order valence-corrected chi connectivity index (χ2v) is 5.92. The van der Waals surface area contributed by atoms with Gasteiger partial charge in [-0.1, -0.05) is 6.07 Å². The molecule has 4 heterocycles. The van der Waals surface area contributed by atoms with Crippen molar-refractivity contribution in [2.75, 3.05) is 18.0 Å². The Kier molecular flexibility index (Phi) is 2.52. The van der Waals surface area contributed by atoms with Crippen molar-refractivity contribution in [1.82, 2.24) is 4.98 Å². The van der Waals surface area contributed by atoms with E-state index in [1.54, 1.807) is 0 Å². The van der Waals surface area contributed by atoms with Crippen molar-refractivity contribution in [3.63, 3.8) is 0 Å². The Morgan fingerprint density at radius 1 is 1.35 bits per heavy atom. The van der Waals surface area contributed by atoms with Crippen molar-refractivity contribution >= 4 is 22.7 Å². The number of rotatable bonds is 3. The van der Waals surface area contributed by atoms with Crippen molar-refractivity contribution in [3.05, 3.63) is 29.3 Å². The van der Waals surface area contributed by atoms with E-state index in [1.807, 2.05) is 6.07 Å². The molecule has 3 aliphatic heterocycles. The normalized spacial score (nSPS) is 17.7. The maximum Gasteiger partial charge on any atom is 0.303 e. The van der Waals surface area contributed by atoms with Crippen LogP contribution < -0.4 is 4.90 Å². The number of carboxylic acids is 1. The van der Waals surface area contributed by atoms with Gasteiger partial charge >= 0.3 is 5.97 Å². The van der Waals surface area contributed by atoms with Gasteiger partial charge in [-0.15, -0.1) is 0 Å². The number of aliphatic carboxylic acids is 1. The third-order valence-corrected chi connectivity index (χ3v) is 4.73. The zero-order chi connectivity index (χ0) is 13.7. The van der Waals surface area contributed by atoms with Crippen molar-refractivity contribution in [2.24, 2.45) is 0 Å². The maximum absolute atomic E-state index is 10.7. The molecule has 4 heteroatoms. The second-order valence-electron chi connectivity index (χ2n) is 5.92. The molecule has 1 fully saturated rings. The highest BCUT2D eigenvalue weighted by Gasteiger charge is 2.33. The average molecular weight is 270 g/mol. The number of H-pyrrole nitrogens is 1. The van der Waals surface area contributed by atoms with Gasteiger partial charge in [0.15, 0.2) is 0 Å². The maximum atomic E-state index is 10.7. The minimum absolute atomic E-state index is 0.202. The minimum Gasteiger partial charge on any atom is -0.481 e. The molecule has 2 N–H and O–H groups in total. The van der Waals surface area contributed by atoms with Gasteiger partial charge in [-0.3, -0.25) is 4.79 Å². The summed E-state index contributed by atoms with van der Waals surface area (Å²) < 4.78 is 0. The quantitative estimate of drug-likeness (QED) is 0.901. The van der Waals surface area contributed by atoms with Crippen LogP contribution >= 0.6 is 0 Å². The molecule has 104 valence electrons. The molecular formula is C16H18N2O2. The SMILES string of the molecule is O=C(O)CCc1ccc2[nH]c3c(c2c1)C1CCN3CC1. The van der Waals surface area contributed by atoms with Gasteiger partial charge in [0.1, 0.15) is 5.82 Å². The van der Waals surface area contributed by atoms with Crippen LogP contribution in [0.15, 0.2) is 18.2 Å². The second kappa shape index (κ2) is 4.27. The number of nitrogens with one attached hydrogen (secondary N) is 1. The van der Waals surface area contributed by atoms with Crippen LogP contribution in [0, 0.1) is 0 Å². The summed E-state index contributed by atoms with van der Waals surface area (Å²) in [6, 6.07) is 6.34. The third kappa shape index (κ3) is 1.71. The van der Waals surface area contributed by atoms with E-state index in [0.29, 0.717) is 12.3 Å². The Morgan fingerprint density at radius 2 is 2.15 bits per heavy atom. The van der Waals surface area contributed by atoms with Crippen LogP contribution in [0.25, 0.3) is 10.9 Å². The summed E-state index contributed by atoms with van der Waals surface area (Å²) in [5, 5.41) is 10.1. The molecule has 1 aromatic carbocycles. The highest BCUT2D eigenvalue weighted by atomic mass is 16.4. The number of aromatic nitrogens is 1. The number of fused-ring (bicyclic) bond motifs is 3. The number of aromatic amines is 1. The molecule has 3 aliphatic rings. The van der Waals surface area contributed by atoms with Gasteiger partial charge in [-0.2, -0.15) is 0 Å². The summed E-state index contributed by atoms with van der Waals surface area (Å²) in [5.41, 5.74) is 3.78. The van der Waals surface area contributed by atoms with Crippen LogP contribution in [0.3, 0.4) is 0 Å². The third-order valence-electron chi connectivity index (χ3n) is 4.73. The van der Waals surface area contributed by atoms with E-state index in [0.717, 1.165) is 18.7 Å². The van der Waals surface area contributed by atoms with Crippen LogP contribution in [0.4, 0.5) is 5.82 Å². The Bertz CT molecular complexity index is 681. The van der Waals surface area contributed by atoms with E-state index < -0.39 is 5.97 Å². The number of nitrogens with zero attached hydrogens (tertiary/aromatic N) is 1. The zero-order valence-electron chi connectivity index (χ0n) is 11.4. The van der Waals surface area contributed by atoms with E-state index in [-0.39, 0.29) is 6.42 Å². The molecule has 0 radical (unpaired) electrons. The monoisotopic (exact) mass is 270 g/mol. The van der Waals surface area contributed by atoms with Gasteiger partial charge in [0.2, 0.25) is 0 Å². The van der Waals surface area contributed by atoms with E-state index in [2.05, 4.69) is 22.0 Å². The number of hydrogen-bond donors (Lipinski definition) is 2. The Balaban J connectivity index is 1.78. The molecule has 4 nitrogen and oxygen atoms in total. The van der Waals surface area contributed by atoms with E-state index in [1.165, 1.54) is 35.1 Å². The predicted octanol–water partition coefficient (Wildman–Crippen LogP) is 2.88. The first-order chi connectivity index (χ1) is 9.72. The first-order valence-electron chi connectivity index (χ1n) is 7.33. The van der Waals surface area contributed by atoms with Crippen LogP contribution in [0.2, 0.25) is 0 Å². The topological polar surface area (TPSA) is 56.3 Å². The van der Waals surface area contributed by atoms with Gasteiger partial charge in [0.05, 0.1) is 0 Å². The molecular weight excluding hydrogens is 252 g/mol. The summed E-state index contributed by atoms with van der Waals surface area (Å²) >= 11 is 0. The lowest BCUT2D eigenvalue weighted by Gasteiger charge is -2.40. The fourth-order valence-electron chi connectivity index (χ4n) is 3.71. The molecule has 20 heavy (non-hydrogen) atoms. The molecule has 2 bridgehead atoms. The highest BCUT2D eigenvalue weighted by Crippen LogP contribution is 2.45. The molecule has 0 amide bonds. The Labute approximate surface area is 117 Å². The molecule has 5 rings (SSSR count). The van der Waals surface area contributed by atoms with Gasteiger partial charge in [-0.05, 0) is 42.9 Å². The smallest absolute Gasteiger partial charge is 0.303 e. The number of piperidine rings is 1. The number of carbonyl (C=O) groups is 1. The lowest BCUT2D eigenvalue weighted by Crippen LogP contribution is -2.38. The number of anilines is 1.